The standard InChI is InChI=1S/C20H21N3O4S/c1-4-27-19(25)13-8-10-14(11-9-13)21-17(24)12-23(2)20-22-18-15(26-3)6-5-7-16(18)28-20/h5-11H,4,12H2,1-3H3,(H,21,24). The summed E-state index contributed by atoms with van der Waals surface area (Å²) in [6.45, 7) is 2.22. The fraction of sp³-hybridized carbons (Fsp3) is 0.250. The number of anilines is 2. The minimum Gasteiger partial charge on any atom is -0.494 e. The first-order valence-electron chi connectivity index (χ1n) is 8.73. The van der Waals surface area contributed by atoms with Gasteiger partial charge in [0.1, 0.15) is 11.3 Å². The zero-order valence-electron chi connectivity index (χ0n) is 15.9. The molecule has 28 heavy (non-hydrogen) atoms. The number of carbonyl (C=O) groups excluding carboxylic acids is 2. The molecule has 3 aromatic rings. The monoisotopic (exact) mass is 399 g/mol. The minimum atomic E-state index is -0.383. The third-order valence-corrected chi connectivity index (χ3v) is 5.11. The van der Waals surface area contributed by atoms with E-state index in [0.717, 1.165) is 15.3 Å². The second-order valence-electron chi connectivity index (χ2n) is 6.01. The smallest absolute Gasteiger partial charge is 0.338 e. The zero-order chi connectivity index (χ0) is 20.1. The summed E-state index contributed by atoms with van der Waals surface area (Å²) in [4.78, 5) is 30.4. The van der Waals surface area contributed by atoms with Crippen molar-refractivity contribution in [2.45, 2.75) is 6.92 Å². The molecule has 146 valence electrons. The Balaban J connectivity index is 1.64. The quantitative estimate of drug-likeness (QED) is 0.612. The number of aromatic nitrogens is 1. The highest BCUT2D eigenvalue weighted by atomic mass is 32.1. The van der Waals surface area contributed by atoms with Crippen molar-refractivity contribution in [3.05, 3.63) is 48.0 Å². The number of rotatable bonds is 7. The van der Waals surface area contributed by atoms with Gasteiger partial charge in [0.05, 0.1) is 30.5 Å². The number of likely N-dealkylation sites (N-methyl/N-ethyl adjacent to an activating group) is 1. The molecule has 1 aromatic heterocycles. The van der Waals surface area contributed by atoms with Crippen LogP contribution >= 0.6 is 11.3 Å². The van der Waals surface area contributed by atoms with Crippen LogP contribution in [0, 0.1) is 0 Å². The van der Waals surface area contributed by atoms with Crippen molar-refractivity contribution in [2.75, 3.05) is 37.5 Å². The van der Waals surface area contributed by atoms with E-state index in [0.29, 0.717) is 23.6 Å². The van der Waals surface area contributed by atoms with Gasteiger partial charge in [-0.3, -0.25) is 4.79 Å². The van der Waals surface area contributed by atoms with Crippen LogP contribution in [-0.2, 0) is 9.53 Å². The van der Waals surface area contributed by atoms with Gasteiger partial charge < -0.3 is 19.7 Å². The van der Waals surface area contributed by atoms with Gasteiger partial charge in [-0.05, 0) is 43.3 Å². The molecule has 0 aliphatic rings. The largest absolute Gasteiger partial charge is 0.494 e. The number of amides is 1. The summed E-state index contributed by atoms with van der Waals surface area (Å²) in [6, 6.07) is 12.3. The normalized spacial score (nSPS) is 10.5. The average molecular weight is 399 g/mol. The molecule has 0 unspecified atom stereocenters. The molecule has 1 amide bonds. The molecule has 1 heterocycles. The van der Waals surface area contributed by atoms with Gasteiger partial charge in [0.25, 0.3) is 0 Å². The van der Waals surface area contributed by atoms with E-state index in [1.54, 1.807) is 43.2 Å². The summed E-state index contributed by atoms with van der Waals surface area (Å²) < 4.78 is 11.3. The predicted molar refractivity (Wildman–Crippen MR) is 110 cm³/mol. The number of nitrogens with zero attached hydrogens (tertiary/aromatic N) is 2. The number of benzene rings is 2. The van der Waals surface area contributed by atoms with E-state index < -0.39 is 0 Å². The summed E-state index contributed by atoms with van der Waals surface area (Å²) in [7, 11) is 3.42. The maximum Gasteiger partial charge on any atom is 0.338 e. The van der Waals surface area contributed by atoms with Crippen LogP contribution in [0.25, 0.3) is 10.2 Å². The van der Waals surface area contributed by atoms with Crippen LogP contribution in [0.4, 0.5) is 10.8 Å². The van der Waals surface area contributed by atoms with E-state index >= 15 is 0 Å². The van der Waals surface area contributed by atoms with Crippen LogP contribution in [0.5, 0.6) is 5.75 Å². The van der Waals surface area contributed by atoms with Gasteiger partial charge in [-0.1, -0.05) is 17.4 Å². The molecule has 8 heteroatoms. The highest BCUT2D eigenvalue weighted by Crippen LogP contribution is 2.33. The van der Waals surface area contributed by atoms with Crippen LogP contribution in [0.2, 0.25) is 0 Å². The molecule has 0 aliphatic carbocycles. The maximum atomic E-state index is 12.4. The van der Waals surface area contributed by atoms with Crippen molar-refractivity contribution in [2.24, 2.45) is 0 Å². The SMILES string of the molecule is CCOC(=O)c1ccc(NC(=O)CN(C)c2nc3c(OC)cccc3s2)cc1. The molecule has 0 bridgehead atoms. The summed E-state index contributed by atoms with van der Waals surface area (Å²) in [6.07, 6.45) is 0. The van der Waals surface area contributed by atoms with E-state index in [2.05, 4.69) is 10.3 Å². The molecular weight excluding hydrogens is 378 g/mol. The molecule has 2 aromatic carbocycles. The van der Waals surface area contributed by atoms with Gasteiger partial charge >= 0.3 is 5.97 Å². The Bertz CT molecular complexity index is 985. The zero-order valence-corrected chi connectivity index (χ0v) is 16.7. The Hall–Kier alpha value is -3.13. The number of ether oxygens (including phenoxy) is 2. The first-order chi connectivity index (χ1) is 13.5. The Kier molecular flexibility index (Phi) is 6.10. The number of nitrogens with one attached hydrogen (secondary N) is 1. The summed E-state index contributed by atoms with van der Waals surface area (Å²) in [5.41, 5.74) is 1.84. The van der Waals surface area contributed by atoms with E-state index in [4.69, 9.17) is 9.47 Å². The first-order valence-corrected chi connectivity index (χ1v) is 9.55. The van der Waals surface area contributed by atoms with Gasteiger partial charge in [0, 0.05) is 12.7 Å². The summed E-state index contributed by atoms with van der Waals surface area (Å²) in [5, 5.41) is 3.55. The van der Waals surface area contributed by atoms with Crippen LogP contribution < -0.4 is 15.0 Å². The van der Waals surface area contributed by atoms with Crippen molar-refractivity contribution in [3.63, 3.8) is 0 Å². The second-order valence-corrected chi connectivity index (χ2v) is 7.01. The van der Waals surface area contributed by atoms with Gasteiger partial charge in [0.15, 0.2) is 5.13 Å². The van der Waals surface area contributed by atoms with E-state index in [-0.39, 0.29) is 18.4 Å². The molecule has 0 spiro atoms. The lowest BCUT2D eigenvalue weighted by atomic mass is 10.2. The molecular formula is C20H21N3O4S. The number of thiazole rings is 1. The topological polar surface area (TPSA) is 80.8 Å². The first kappa shape index (κ1) is 19.6. The maximum absolute atomic E-state index is 12.4. The van der Waals surface area contributed by atoms with E-state index in [1.807, 2.05) is 25.2 Å². The van der Waals surface area contributed by atoms with Crippen molar-refractivity contribution >= 4 is 44.2 Å². The van der Waals surface area contributed by atoms with Crippen LogP contribution in [0.15, 0.2) is 42.5 Å². The van der Waals surface area contributed by atoms with Gasteiger partial charge in [-0.2, -0.15) is 0 Å². The molecule has 0 aliphatic heterocycles. The molecule has 1 N–H and O–H groups in total. The van der Waals surface area contributed by atoms with Gasteiger partial charge in [-0.15, -0.1) is 0 Å². The van der Waals surface area contributed by atoms with Crippen molar-refractivity contribution in [1.82, 2.24) is 4.98 Å². The lowest BCUT2D eigenvalue weighted by Crippen LogP contribution is -2.29. The summed E-state index contributed by atoms with van der Waals surface area (Å²) in [5.74, 6) is 0.142. The number of carbonyl (C=O) groups is 2. The third-order valence-electron chi connectivity index (χ3n) is 3.98. The molecule has 0 atom stereocenters. The summed E-state index contributed by atoms with van der Waals surface area (Å²) >= 11 is 1.50. The van der Waals surface area contributed by atoms with Crippen LogP contribution in [0.3, 0.4) is 0 Å². The molecule has 0 radical (unpaired) electrons. The highest BCUT2D eigenvalue weighted by Gasteiger charge is 2.14. The van der Waals surface area contributed by atoms with Gasteiger partial charge in [-0.25, -0.2) is 9.78 Å². The third kappa shape index (κ3) is 4.40. The van der Waals surface area contributed by atoms with E-state index in [1.165, 1.54) is 11.3 Å². The van der Waals surface area contributed by atoms with Crippen LogP contribution in [0.1, 0.15) is 17.3 Å². The minimum absolute atomic E-state index is 0.141. The number of methoxy groups -OCH3 is 1. The predicted octanol–water partition coefficient (Wildman–Crippen LogP) is 3.56. The number of esters is 1. The fourth-order valence-corrected chi connectivity index (χ4v) is 3.57. The Morgan fingerprint density at radius 3 is 2.61 bits per heavy atom. The van der Waals surface area contributed by atoms with Gasteiger partial charge in [0.2, 0.25) is 5.91 Å². The highest BCUT2D eigenvalue weighted by molar-refractivity contribution is 7.22. The number of para-hydroxylation sites is 1. The van der Waals surface area contributed by atoms with Crippen molar-refractivity contribution in [1.29, 1.82) is 0 Å². The molecule has 0 saturated heterocycles. The lowest BCUT2D eigenvalue weighted by molar-refractivity contribution is -0.114. The average Bonchev–Trinajstić information content (AvgIpc) is 3.13. The molecule has 0 saturated carbocycles. The number of fused-ring (bicyclic) bond motifs is 1. The van der Waals surface area contributed by atoms with E-state index in [9.17, 15) is 9.59 Å². The molecule has 7 nitrogen and oxygen atoms in total. The van der Waals surface area contributed by atoms with Crippen molar-refractivity contribution < 1.29 is 19.1 Å². The lowest BCUT2D eigenvalue weighted by Gasteiger charge is -2.15. The number of hydrogen-bond acceptors (Lipinski definition) is 7. The second kappa shape index (κ2) is 8.71. The molecule has 3 rings (SSSR count). The Labute approximate surface area is 166 Å². The van der Waals surface area contributed by atoms with Crippen LogP contribution in [-0.4, -0.2) is 44.2 Å². The fourth-order valence-electron chi connectivity index (χ4n) is 2.63. The number of hydrogen-bond donors (Lipinski definition) is 1. The molecule has 0 fully saturated rings. The van der Waals surface area contributed by atoms with Crippen molar-refractivity contribution in [3.8, 4) is 5.75 Å². The Morgan fingerprint density at radius 2 is 1.93 bits per heavy atom. The Morgan fingerprint density at radius 1 is 1.18 bits per heavy atom.